The summed E-state index contributed by atoms with van der Waals surface area (Å²) in [6.07, 6.45) is -2.42. The third-order valence-corrected chi connectivity index (χ3v) is 19.6. The van der Waals surface area contributed by atoms with Crippen molar-refractivity contribution < 1.29 is 73.1 Å². The molecule has 15 N–H and O–H groups in total. The molecule has 92 heavy (non-hydrogen) atoms. The number of ether oxygens (including phenoxy) is 2. The molecular formula is C62H107BrN11O15PS2. The number of thiol groups is 1. The van der Waals surface area contributed by atoms with Crippen LogP contribution in [0.25, 0.3) is 10.9 Å². The van der Waals surface area contributed by atoms with Crippen molar-refractivity contribution in [1.29, 1.82) is 0 Å². The summed E-state index contributed by atoms with van der Waals surface area (Å²) in [5.74, 6) is -8.73. The number of carbonyl (C=O) groups is 9. The van der Waals surface area contributed by atoms with Gasteiger partial charge >= 0.3 is 6.09 Å². The second kappa shape index (κ2) is 37.9. The molecule has 13 atom stereocenters. The predicted octanol–water partition coefficient (Wildman–Crippen LogP) is 3.81. The van der Waals surface area contributed by atoms with Crippen LogP contribution in [0.5, 0.6) is 5.75 Å². The number of benzene rings is 1. The van der Waals surface area contributed by atoms with Crippen molar-refractivity contribution in [2.45, 2.75) is 217 Å². The minimum absolute atomic E-state index is 0.0324. The molecule has 2 bridgehead atoms. The van der Waals surface area contributed by atoms with Crippen LogP contribution in [-0.4, -0.2) is 213 Å². The van der Waals surface area contributed by atoms with Gasteiger partial charge in [-0.15, -0.1) is 11.8 Å². The maximum Gasteiger partial charge on any atom is 0.408 e. The van der Waals surface area contributed by atoms with Crippen molar-refractivity contribution in [3.05, 3.63) is 23.8 Å². The van der Waals surface area contributed by atoms with E-state index >= 15 is 0 Å². The van der Waals surface area contributed by atoms with Gasteiger partial charge in [-0.2, -0.15) is 12.6 Å². The summed E-state index contributed by atoms with van der Waals surface area (Å²) < 4.78 is 8.42. The summed E-state index contributed by atoms with van der Waals surface area (Å²) in [5, 5.41) is 67.0. The summed E-state index contributed by atoms with van der Waals surface area (Å²) in [6, 6.07) is -5.73. The molecule has 1 aromatic heterocycles. The topological polar surface area (TPSA) is 394 Å². The van der Waals surface area contributed by atoms with Crippen LogP contribution in [0.3, 0.4) is 0 Å². The minimum Gasteiger partial charge on any atom is -0.508 e. The van der Waals surface area contributed by atoms with E-state index in [1.165, 1.54) is 29.6 Å². The first-order chi connectivity index (χ1) is 42.7. The number of alkyl carbamates (subject to hydrolysis) is 1. The number of fused-ring (bicyclic) bond motifs is 5. The van der Waals surface area contributed by atoms with Crippen LogP contribution in [0.15, 0.2) is 23.2 Å². The Morgan fingerprint density at radius 2 is 1.43 bits per heavy atom. The number of aliphatic hydroxyl groups is 3. The smallest absolute Gasteiger partial charge is 0.408 e. The second-order valence-corrected chi connectivity index (χ2v) is 33.7. The summed E-state index contributed by atoms with van der Waals surface area (Å²) >= 11 is 9.61. The van der Waals surface area contributed by atoms with Crippen LogP contribution in [0.2, 0.25) is 0 Å². The standard InChI is InChI=1S/C51H79N11O14S2.C7H16BrP.C2H6O.C2H6/c1-10-24(2)39-45(73)54-20-37(67)55-33-23-78-47-29(28-12-11-26(64)15-30(28)58-47)17-32(42(70)53-21-38(68)59-39)57-46(74)40(25(3)13-14-63)60-44(72)34-16-27(65)22-62(34)35(41(69)31(18-36(52)66)56-43(33)71)19-51(9,77)50(7,8)61-48(75)76-49(4,5)6;1-7(2,3)5-6-9(4)8;1-3-2;1-2/h11-12,15,24-25,27,31-35,39-41,58,63-65,69,77H,10,13-14,16-23H2,1-9H3,(H2,52,66)(H,53,70)(H,54,73)(H,55,67)(H,56,71)(H,57,74)(H,59,68)(H,60,72)(H,61,75);5-6H2,1-4H3;1-2H3;1-2H3/t24?,25-,27+,31?,32?,33-,34?,35?,39?,40?,41?,51?;;;/m0.../s1. The second-order valence-electron chi connectivity index (χ2n) is 26.4. The van der Waals surface area contributed by atoms with Crippen molar-refractivity contribution in [3.63, 3.8) is 0 Å². The molecular weight excluding hydrogens is 1310 g/mol. The highest BCUT2D eigenvalue weighted by Gasteiger charge is 2.51. The minimum atomic E-state index is -1.86. The molecule has 30 heteroatoms. The van der Waals surface area contributed by atoms with Crippen LogP contribution in [0.1, 0.15) is 141 Å². The number of nitrogens with zero attached hydrogens (tertiary/aromatic N) is 1. The molecule has 4 heterocycles. The molecule has 0 radical (unpaired) electrons. The number of nitrogens with one attached hydrogen (secondary N) is 9. The average molecular weight is 1420 g/mol. The number of aromatic nitrogens is 1. The molecule has 0 aliphatic carbocycles. The Morgan fingerprint density at radius 1 is 0.848 bits per heavy atom. The Bertz CT molecular complexity index is 2780. The Labute approximate surface area is 562 Å². The van der Waals surface area contributed by atoms with E-state index < -0.39 is 162 Å². The van der Waals surface area contributed by atoms with Gasteiger partial charge in [-0.25, -0.2) is 4.79 Å². The van der Waals surface area contributed by atoms with Gasteiger partial charge in [-0.05, 0) is 122 Å². The Morgan fingerprint density at radius 3 is 1.98 bits per heavy atom. The van der Waals surface area contributed by atoms with Crippen LogP contribution in [0, 0.1) is 17.3 Å². The van der Waals surface area contributed by atoms with Crippen LogP contribution < -0.4 is 48.3 Å². The van der Waals surface area contributed by atoms with Gasteiger partial charge < -0.3 is 83.2 Å². The number of phenols is 1. The lowest BCUT2D eigenvalue weighted by atomic mass is 9.80. The molecule has 0 saturated carbocycles. The number of hydrogen-bond acceptors (Lipinski definition) is 18. The van der Waals surface area contributed by atoms with Gasteiger partial charge in [0.1, 0.15) is 35.5 Å². The lowest BCUT2D eigenvalue weighted by Gasteiger charge is -2.47. The molecule has 5 rings (SSSR count). The fourth-order valence-corrected chi connectivity index (χ4v) is 13.0. The molecule has 26 nitrogen and oxygen atoms in total. The molecule has 1 aromatic carbocycles. The first-order valence-corrected chi connectivity index (χ1v) is 36.6. The average Bonchev–Trinajstić information content (AvgIpc) is 1.49. The summed E-state index contributed by atoms with van der Waals surface area (Å²) in [4.78, 5) is 131. The monoisotopic (exact) mass is 1420 g/mol. The van der Waals surface area contributed by atoms with Crippen LogP contribution in [-0.2, 0) is 54.3 Å². The number of thioether (sulfide) groups is 1. The van der Waals surface area contributed by atoms with Gasteiger partial charge in [-0.3, -0.25) is 43.3 Å². The third-order valence-electron chi connectivity index (χ3n) is 15.9. The maximum absolute atomic E-state index is 15.0. The van der Waals surface area contributed by atoms with E-state index in [-0.39, 0.29) is 50.4 Å². The number of aliphatic hydroxyl groups excluding tert-OH is 3. The van der Waals surface area contributed by atoms with Gasteiger partial charge in [0.2, 0.25) is 47.3 Å². The lowest BCUT2D eigenvalue weighted by molar-refractivity contribution is -0.136. The first-order valence-electron chi connectivity index (χ1n) is 31.2. The van der Waals surface area contributed by atoms with Crippen LogP contribution in [0.4, 0.5) is 4.79 Å². The summed E-state index contributed by atoms with van der Waals surface area (Å²) in [7, 11) is 3.25. The van der Waals surface area contributed by atoms with E-state index in [9.17, 15) is 63.6 Å². The molecule has 3 aliphatic heterocycles. The highest BCUT2D eigenvalue weighted by Crippen LogP contribution is 2.42. The number of phenolic OH excluding ortho intramolecular Hbond substituents is 1. The Hall–Kier alpha value is -5.00. The Balaban J connectivity index is 0.00000186. The number of halogens is 1. The Kier molecular flexibility index (Phi) is 34.3. The van der Waals surface area contributed by atoms with Crippen molar-refractivity contribution in [3.8, 4) is 5.75 Å². The van der Waals surface area contributed by atoms with E-state index in [1.807, 2.05) is 13.8 Å². The number of aromatic hydroxyl groups is 1. The molecule has 10 unspecified atom stereocenters. The van der Waals surface area contributed by atoms with Gasteiger partial charge in [0.05, 0.1) is 53.5 Å². The van der Waals surface area contributed by atoms with Crippen molar-refractivity contribution in [2.75, 3.05) is 59.0 Å². The molecule has 2 aromatic rings. The normalized spacial score (nSPS) is 25.2. The quantitative estimate of drug-likeness (QED) is 0.100. The third kappa shape index (κ3) is 26.7. The van der Waals surface area contributed by atoms with E-state index in [0.29, 0.717) is 33.3 Å². The zero-order valence-corrected chi connectivity index (χ0v) is 61.0. The van der Waals surface area contributed by atoms with Gasteiger partial charge in [0.25, 0.3) is 0 Å². The molecule has 1 saturated heterocycles. The summed E-state index contributed by atoms with van der Waals surface area (Å²) in [6.45, 7) is 26.2. The van der Waals surface area contributed by atoms with Crippen molar-refractivity contribution >= 4 is 111 Å². The fourth-order valence-electron chi connectivity index (χ4n) is 10.2. The predicted molar refractivity (Wildman–Crippen MR) is 366 cm³/mol. The number of amides is 9. The maximum atomic E-state index is 15.0. The number of rotatable bonds is 13. The molecule has 524 valence electrons. The largest absolute Gasteiger partial charge is 0.508 e. The number of H-pyrrole nitrogens is 1. The van der Waals surface area contributed by atoms with Gasteiger partial charge in [0, 0.05) is 68.2 Å². The molecule has 3 aliphatic rings. The van der Waals surface area contributed by atoms with Crippen LogP contribution >= 0.6 is 46.5 Å². The molecule has 9 amide bonds. The van der Waals surface area contributed by atoms with E-state index in [2.05, 4.69) is 95.2 Å². The number of hydrogen-bond donors (Lipinski definition) is 15. The highest BCUT2D eigenvalue weighted by atomic mass is 79.9. The highest BCUT2D eigenvalue weighted by molar-refractivity contribution is 9.39. The zero-order valence-electron chi connectivity index (χ0n) is 56.8. The SMILES string of the molecule is CC.CCC(C)C1NC(=O)CNC(=O)C2Cc3c([nH]c4cc(O)ccc34)SC[C@H](NC(=O)CNC1=O)C(=O)NC(CC(N)=O)C(O)C(CC(C)(S)C(C)(C)NC(=O)OC(C)(C)C)N1C[C@H](O)CC1C(=O)NC([C@@H](C)CCO)C(=O)N2.COC.CP(Br)CCC(C)(C)C. The number of nitrogens with two attached hydrogens (primary N) is 1. The fraction of sp³-hybridized carbons (Fsp3) is 0.726. The van der Waals surface area contributed by atoms with Gasteiger partial charge in [0.15, 0.2) is 0 Å². The number of aromatic amines is 1. The molecule has 0 spiro atoms. The van der Waals surface area contributed by atoms with Gasteiger partial charge in [-0.1, -0.05) is 77.3 Å². The summed E-state index contributed by atoms with van der Waals surface area (Å²) in [5.41, 5.74) is 4.87. The van der Waals surface area contributed by atoms with Crippen molar-refractivity contribution in [1.82, 2.24) is 52.4 Å². The van der Waals surface area contributed by atoms with E-state index in [4.69, 9.17) is 23.1 Å². The first kappa shape index (κ1) is 83.1. The van der Waals surface area contributed by atoms with E-state index in [1.54, 1.807) is 82.6 Å². The zero-order chi connectivity index (χ0) is 70.4. The number of carbonyl (C=O) groups excluding carboxylic acids is 9. The van der Waals surface area contributed by atoms with Crippen molar-refractivity contribution in [2.24, 2.45) is 23.0 Å². The number of methoxy groups -OCH3 is 1. The van der Waals surface area contributed by atoms with E-state index in [0.717, 1.165) is 11.8 Å². The number of primary amides is 1. The lowest BCUT2D eigenvalue weighted by Crippen LogP contribution is -2.65. The molecule has 1 fully saturated rings.